The molecule has 29 heavy (non-hydrogen) atoms. The average molecular weight is 424 g/mol. The normalized spacial score (nSPS) is 19.6. The Morgan fingerprint density at radius 3 is 1.86 bits per heavy atom. The maximum atomic E-state index is 9.75. The molecule has 0 unspecified atom stereocenters. The number of benzene rings is 2. The maximum absolute atomic E-state index is 9.75. The van der Waals surface area contributed by atoms with E-state index in [2.05, 4.69) is 70.6 Å². The molecule has 2 aliphatic heterocycles. The van der Waals surface area contributed by atoms with Crippen molar-refractivity contribution in [1.29, 1.82) is 0 Å². The van der Waals surface area contributed by atoms with Gasteiger partial charge in [-0.25, -0.2) is 0 Å². The molecule has 0 saturated carbocycles. The SMILES string of the molecule is F[B-](F)(F)F.c1ccc(P(c2ccccc2)[C@H]2CCCC[N+]3=C2NCCC3)cc1. The summed E-state index contributed by atoms with van der Waals surface area (Å²) in [5.74, 6) is 1.53. The summed E-state index contributed by atoms with van der Waals surface area (Å²) in [6.07, 6.45) is 5.23. The predicted octanol–water partition coefficient (Wildman–Crippen LogP) is 4.38. The van der Waals surface area contributed by atoms with E-state index in [9.17, 15) is 17.3 Å². The Morgan fingerprint density at radius 2 is 1.31 bits per heavy atom. The van der Waals surface area contributed by atoms with Crippen molar-refractivity contribution in [3.63, 3.8) is 0 Å². The number of halogens is 4. The van der Waals surface area contributed by atoms with Crippen LogP contribution in [0.25, 0.3) is 0 Å². The first-order valence-electron chi connectivity index (χ1n) is 10.1. The van der Waals surface area contributed by atoms with Crippen molar-refractivity contribution in [3.8, 4) is 0 Å². The molecule has 8 heteroatoms. The van der Waals surface area contributed by atoms with Crippen LogP contribution in [0.3, 0.4) is 0 Å². The molecular formula is C21H26BF4N2P. The molecule has 2 heterocycles. The monoisotopic (exact) mass is 424 g/mol. The van der Waals surface area contributed by atoms with Gasteiger partial charge in [-0.1, -0.05) is 60.7 Å². The minimum Gasteiger partial charge on any atom is -0.418 e. The van der Waals surface area contributed by atoms with Gasteiger partial charge >= 0.3 is 7.25 Å². The first-order valence-corrected chi connectivity index (χ1v) is 11.5. The summed E-state index contributed by atoms with van der Waals surface area (Å²) >= 11 is 0. The van der Waals surface area contributed by atoms with Gasteiger partial charge in [-0.15, -0.1) is 0 Å². The van der Waals surface area contributed by atoms with Crippen molar-refractivity contribution in [2.75, 3.05) is 19.6 Å². The van der Waals surface area contributed by atoms with Gasteiger partial charge in [-0.3, -0.25) is 9.89 Å². The second kappa shape index (κ2) is 10.2. The number of nitrogens with zero attached hydrogens (tertiary/aromatic N) is 1. The van der Waals surface area contributed by atoms with E-state index >= 15 is 0 Å². The molecule has 2 aliphatic rings. The molecule has 0 amide bonds. The van der Waals surface area contributed by atoms with Crippen molar-refractivity contribution in [3.05, 3.63) is 60.7 Å². The van der Waals surface area contributed by atoms with Gasteiger partial charge in [0.05, 0.1) is 25.3 Å². The molecular weight excluding hydrogens is 398 g/mol. The highest BCUT2D eigenvalue weighted by molar-refractivity contribution is 7.74. The smallest absolute Gasteiger partial charge is 0.418 e. The van der Waals surface area contributed by atoms with Crippen molar-refractivity contribution in [1.82, 2.24) is 5.32 Å². The van der Waals surface area contributed by atoms with Gasteiger partial charge in [0.25, 0.3) is 5.84 Å². The molecule has 0 saturated heterocycles. The first-order chi connectivity index (χ1) is 13.9. The Kier molecular flexibility index (Phi) is 7.71. The molecule has 2 nitrogen and oxygen atoms in total. The van der Waals surface area contributed by atoms with Crippen LogP contribution in [-0.4, -0.2) is 43.0 Å². The van der Waals surface area contributed by atoms with Crippen LogP contribution in [-0.2, 0) is 0 Å². The molecule has 1 atom stereocenters. The third-order valence-electron chi connectivity index (χ3n) is 5.10. The second-order valence-electron chi connectivity index (χ2n) is 7.20. The fourth-order valence-electron chi connectivity index (χ4n) is 3.99. The molecule has 0 fully saturated rings. The minimum absolute atomic E-state index is 0.371. The lowest BCUT2D eigenvalue weighted by atomic mass is 10.2. The van der Waals surface area contributed by atoms with E-state index in [0.29, 0.717) is 5.66 Å². The molecule has 2 aromatic carbocycles. The van der Waals surface area contributed by atoms with Gasteiger partial charge < -0.3 is 17.3 Å². The highest BCUT2D eigenvalue weighted by atomic mass is 31.1. The van der Waals surface area contributed by atoms with Crippen LogP contribution in [0.15, 0.2) is 60.7 Å². The second-order valence-corrected chi connectivity index (χ2v) is 9.60. The summed E-state index contributed by atoms with van der Waals surface area (Å²) in [7, 11) is -6.37. The standard InChI is InChI=1S/C21H25N2P.BF4/c1-3-10-18(11-4-1)24(19-12-5-2-6-13-19)20-14-7-8-16-23-17-9-15-22-21(20)23;2-1(3,4)5/h1-6,10-13,20H,7-9,14-17H2;/q;-1/p+1/t20-;/m0./s1. The van der Waals surface area contributed by atoms with Crippen molar-refractivity contribution in [2.24, 2.45) is 0 Å². The Labute approximate surface area is 170 Å². The highest BCUT2D eigenvalue weighted by Gasteiger charge is 2.36. The zero-order valence-electron chi connectivity index (χ0n) is 16.3. The number of hydrogen-bond donors (Lipinski definition) is 1. The fourth-order valence-corrected chi connectivity index (χ4v) is 6.94. The topological polar surface area (TPSA) is 15.0 Å². The van der Waals surface area contributed by atoms with Crippen LogP contribution in [0.5, 0.6) is 0 Å². The Hall–Kier alpha value is -1.88. The third-order valence-corrected chi connectivity index (χ3v) is 7.94. The summed E-state index contributed by atoms with van der Waals surface area (Å²) in [6.45, 7) is 3.59. The molecule has 0 bridgehead atoms. The molecule has 0 spiro atoms. The van der Waals surface area contributed by atoms with Gasteiger partial charge in [0.2, 0.25) is 0 Å². The largest absolute Gasteiger partial charge is 0.673 e. The molecule has 0 aromatic heterocycles. The van der Waals surface area contributed by atoms with E-state index in [1.807, 2.05) is 0 Å². The van der Waals surface area contributed by atoms with E-state index in [-0.39, 0.29) is 7.92 Å². The maximum Gasteiger partial charge on any atom is 0.673 e. The predicted molar refractivity (Wildman–Crippen MR) is 115 cm³/mol. The van der Waals surface area contributed by atoms with Crippen molar-refractivity contribution >= 4 is 31.6 Å². The van der Waals surface area contributed by atoms with Gasteiger partial charge in [0, 0.05) is 6.42 Å². The Morgan fingerprint density at radius 1 is 0.793 bits per heavy atom. The van der Waals surface area contributed by atoms with Crippen LogP contribution >= 0.6 is 7.92 Å². The van der Waals surface area contributed by atoms with Crippen LogP contribution < -0.4 is 15.9 Å². The lowest BCUT2D eigenvalue weighted by Gasteiger charge is -2.29. The molecule has 0 aliphatic carbocycles. The molecule has 4 rings (SSSR count). The summed E-state index contributed by atoms with van der Waals surface area (Å²) in [5, 5.41) is 6.80. The van der Waals surface area contributed by atoms with E-state index in [1.165, 1.54) is 55.2 Å². The van der Waals surface area contributed by atoms with E-state index in [0.717, 1.165) is 6.54 Å². The quantitative estimate of drug-likeness (QED) is 0.335. The van der Waals surface area contributed by atoms with Crippen LogP contribution in [0.1, 0.15) is 25.7 Å². The molecule has 1 N–H and O–H groups in total. The summed E-state index contributed by atoms with van der Waals surface area (Å²) in [5.41, 5.74) is 0.618. The summed E-state index contributed by atoms with van der Waals surface area (Å²) in [4.78, 5) is 0. The lowest BCUT2D eigenvalue weighted by molar-refractivity contribution is -0.534. The third kappa shape index (κ3) is 6.57. The summed E-state index contributed by atoms with van der Waals surface area (Å²) < 4.78 is 41.6. The van der Waals surface area contributed by atoms with E-state index in [4.69, 9.17) is 0 Å². The number of nitrogens with one attached hydrogen (secondary N) is 1. The van der Waals surface area contributed by atoms with Crippen LogP contribution in [0, 0.1) is 0 Å². The fraction of sp³-hybridized carbons (Fsp3) is 0.381. The zero-order valence-corrected chi connectivity index (χ0v) is 17.2. The van der Waals surface area contributed by atoms with E-state index in [1.54, 1.807) is 0 Å². The average Bonchev–Trinajstić information content (AvgIpc) is 2.92. The van der Waals surface area contributed by atoms with Crippen LogP contribution in [0.4, 0.5) is 17.3 Å². The highest BCUT2D eigenvalue weighted by Crippen LogP contribution is 2.43. The summed E-state index contributed by atoms with van der Waals surface area (Å²) in [6, 6.07) is 22.4. The number of amidine groups is 1. The lowest BCUT2D eigenvalue weighted by Crippen LogP contribution is -2.47. The van der Waals surface area contributed by atoms with Gasteiger partial charge in [0.15, 0.2) is 0 Å². The van der Waals surface area contributed by atoms with Gasteiger partial charge in [-0.05, 0) is 37.8 Å². The van der Waals surface area contributed by atoms with Gasteiger partial charge in [-0.2, -0.15) is 0 Å². The Bertz CT molecular complexity index is 754. The molecule has 0 radical (unpaired) electrons. The van der Waals surface area contributed by atoms with Crippen molar-refractivity contribution < 1.29 is 21.8 Å². The molecule has 156 valence electrons. The zero-order chi connectivity index (χ0) is 20.7. The number of rotatable bonds is 3. The van der Waals surface area contributed by atoms with Gasteiger partial charge in [0.1, 0.15) is 0 Å². The van der Waals surface area contributed by atoms with Crippen LogP contribution in [0.2, 0.25) is 0 Å². The van der Waals surface area contributed by atoms with E-state index < -0.39 is 7.25 Å². The Balaban J connectivity index is 0.000000431. The minimum atomic E-state index is -6.00. The number of hydrogen-bond acceptors (Lipinski definition) is 1. The molecule has 2 aromatic rings. The first kappa shape index (κ1) is 21.8. The van der Waals surface area contributed by atoms with Crippen molar-refractivity contribution in [2.45, 2.75) is 31.3 Å².